The summed E-state index contributed by atoms with van der Waals surface area (Å²) in [4.78, 5) is 14.1. The van der Waals surface area contributed by atoms with Crippen molar-refractivity contribution in [2.45, 2.75) is 20.0 Å². The van der Waals surface area contributed by atoms with Crippen LogP contribution in [-0.2, 0) is 0 Å². The highest BCUT2D eigenvalue weighted by atomic mass is 16.6. The van der Waals surface area contributed by atoms with E-state index in [4.69, 9.17) is 5.11 Å². The maximum absolute atomic E-state index is 10.7. The normalized spacial score (nSPS) is 12.2. The molecular formula is C9H13N3O3. The average Bonchev–Trinajstić information content (AvgIpc) is 2.15. The second-order valence-electron chi connectivity index (χ2n) is 3.37. The van der Waals surface area contributed by atoms with Crippen LogP contribution in [0.2, 0.25) is 0 Å². The Bertz CT molecular complexity index is 366. The minimum atomic E-state index is -0.576. The smallest absolute Gasteiger partial charge is 0.311 e. The number of aromatic nitrogens is 1. The van der Waals surface area contributed by atoms with Crippen molar-refractivity contribution >= 4 is 11.5 Å². The summed E-state index contributed by atoms with van der Waals surface area (Å²) < 4.78 is 0. The van der Waals surface area contributed by atoms with Crippen molar-refractivity contribution in [1.29, 1.82) is 0 Å². The highest BCUT2D eigenvalue weighted by Gasteiger charge is 2.15. The second-order valence-corrected chi connectivity index (χ2v) is 3.37. The molecule has 6 heteroatoms. The molecule has 1 aromatic rings. The molecule has 0 saturated heterocycles. The van der Waals surface area contributed by atoms with Gasteiger partial charge in [-0.3, -0.25) is 10.1 Å². The number of aliphatic hydroxyl groups excluding tert-OH is 1. The van der Waals surface area contributed by atoms with Crippen LogP contribution in [0, 0.1) is 17.0 Å². The minimum absolute atomic E-state index is 0.0735. The first-order chi connectivity index (χ1) is 7.00. The van der Waals surface area contributed by atoms with Crippen molar-refractivity contribution in [2.75, 3.05) is 11.9 Å². The van der Waals surface area contributed by atoms with Crippen LogP contribution in [0.3, 0.4) is 0 Å². The molecule has 15 heavy (non-hydrogen) atoms. The third-order valence-corrected chi connectivity index (χ3v) is 1.77. The van der Waals surface area contributed by atoms with Gasteiger partial charge < -0.3 is 10.4 Å². The quantitative estimate of drug-likeness (QED) is 0.575. The molecule has 0 saturated carbocycles. The summed E-state index contributed by atoms with van der Waals surface area (Å²) in [5.74, 6) is 0.187. The van der Waals surface area contributed by atoms with E-state index in [0.717, 1.165) is 5.56 Å². The molecule has 1 aromatic heterocycles. The highest BCUT2D eigenvalue weighted by molar-refractivity contribution is 5.56. The van der Waals surface area contributed by atoms with Gasteiger partial charge in [0.2, 0.25) is 5.82 Å². The summed E-state index contributed by atoms with van der Waals surface area (Å²) in [6.07, 6.45) is 0.963. The Morgan fingerprint density at radius 3 is 2.93 bits per heavy atom. The van der Waals surface area contributed by atoms with E-state index in [1.807, 2.05) is 0 Å². The van der Waals surface area contributed by atoms with Crippen LogP contribution in [-0.4, -0.2) is 27.7 Å². The molecule has 1 unspecified atom stereocenters. The van der Waals surface area contributed by atoms with E-state index >= 15 is 0 Å². The number of nitro groups is 1. The monoisotopic (exact) mass is 211 g/mol. The fourth-order valence-corrected chi connectivity index (χ4v) is 1.07. The molecule has 1 atom stereocenters. The van der Waals surface area contributed by atoms with Crippen molar-refractivity contribution in [1.82, 2.24) is 4.98 Å². The molecule has 82 valence electrons. The summed E-state index contributed by atoms with van der Waals surface area (Å²) in [6.45, 7) is 3.56. The van der Waals surface area contributed by atoms with Crippen molar-refractivity contribution in [3.63, 3.8) is 0 Å². The lowest BCUT2D eigenvalue weighted by Crippen LogP contribution is -2.16. The SMILES string of the molecule is Cc1cnc(NCC(C)O)c([N+](=O)[O-])c1. The van der Waals surface area contributed by atoms with Crippen LogP contribution < -0.4 is 5.32 Å². The molecule has 0 aliphatic rings. The first-order valence-corrected chi connectivity index (χ1v) is 4.53. The lowest BCUT2D eigenvalue weighted by Gasteiger charge is -2.07. The number of hydrogen-bond donors (Lipinski definition) is 2. The first kappa shape index (κ1) is 11.4. The van der Waals surface area contributed by atoms with Crippen LogP contribution in [0.15, 0.2) is 12.3 Å². The molecule has 1 heterocycles. The third-order valence-electron chi connectivity index (χ3n) is 1.77. The van der Waals surface area contributed by atoms with E-state index in [9.17, 15) is 10.1 Å². The summed E-state index contributed by atoms with van der Waals surface area (Å²) in [7, 11) is 0. The number of anilines is 1. The van der Waals surface area contributed by atoms with E-state index in [-0.39, 0.29) is 18.1 Å². The summed E-state index contributed by atoms with van der Waals surface area (Å²) in [5.41, 5.74) is 0.653. The van der Waals surface area contributed by atoms with Gasteiger partial charge in [-0.1, -0.05) is 0 Å². The zero-order valence-corrected chi connectivity index (χ0v) is 8.60. The number of nitrogens with zero attached hydrogens (tertiary/aromatic N) is 2. The molecule has 6 nitrogen and oxygen atoms in total. The number of pyridine rings is 1. The Hall–Kier alpha value is -1.69. The summed E-state index contributed by atoms with van der Waals surface area (Å²) >= 11 is 0. The lowest BCUT2D eigenvalue weighted by molar-refractivity contribution is -0.384. The predicted molar refractivity (Wildman–Crippen MR) is 55.8 cm³/mol. The zero-order chi connectivity index (χ0) is 11.4. The standard InChI is InChI=1S/C9H13N3O3/c1-6-3-8(12(14)15)9(10-4-6)11-5-7(2)13/h3-4,7,13H,5H2,1-2H3,(H,10,11). The van der Waals surface area contributed by atoms with E-state index in [1.54, 1.807) is 13.8 Å². The number of rotatable bonds is 4. The van der Waals surface area contributed by atoms with E-state index in [2.05, 4.69) is 10.3 Å². The molecule has 0 radical (unpaired) electrons. The van der Waals surface area contributed by atoms with E-state index in [1.165, 1.54) is 12.3 Å². The van der Waals surface area contributed by atoms with Crippen molar-refractivity contribution < 1.29 is 10.0 Å². The highest BCUT2D eigenvalue weighted by Crippen LogP contribution is 2.22. The van der Waals surface area contributed by atoms with Gasteiger partial charge in [0.05, 0.1) is 11.0 Å². The second kappa shape index (κ2) is 4.70. The van der Waals surface area contributed by atoms with Crippen LogP contribution in [0.25, 0.3) is 0 Å². The van der Waals surface area contributed by atoms with Crippen molar-refractivity contribution in [3.05, 3.63) is 27.9 Å². The molecule has 2 N–H and O–H groups in total. The topological polar surface area (TPSA) is 88.3 Å². The molecule has 0 amide bonds. The van der Waals surface area contributed by atoms with Gasteiger partial charge in [0.25, 0.3) is 0 Å². The third kappa shape index (κ3) is 3.17. The van der Waals surface area contributed by atoms with Crippen LogP contribution >= 0.6 is 0 Å². The average molecular weight is 211 g/mol. The van der Waals surface area contributed by atoms with Gasteiger partial charge in [0.15, 0.2) is 0 Å². The van der Waals surface area contributed by atoms with Gasteiger partial charge >= 0.3 is 5.69 Å². The Balaban J connectivity index is 2.91. The fraction of sp³-hybridized carbons (Fsp3) is 0.444. The maximum atomic E-state index is 10.7. The Morgan fingerprint density at radius 2 is 2.40 bits per heavy atom. The lowest BCUT2D eigenvalue weighted by atomic mass is 10.3. The van der Waals surface area contributed by atoms with Crippen LogP contribution in [0.4, 0.5) is 11.5 Å². The van der Waals surface area contributed by atoms with Crippen molar-refractivity contribution in [3.8, 4) is 0 Å². The first-order valence-electron chi connectivity index (χ1n) is 4.53. The summed E-state index contributed by atoms with van der Waals surface area (Å²) in [5, 5.41) is 22.4. The Kier molecular flexibility index (Phi) is 3.56. The van der Waals surface area contributed by atoms with Gasteiger partial charge in [-0.15, -0.1) is 0 Å². The van der Waals surface area contributed by atoms with E-state index in [0.29, 0.717) is 0 Å². The van der Waals surface area contributed by atoms with Gasteiger partial charge in [-0.2, -0.15) is 0 Å². The molecule has 0 aromatic carbocycles. The van der Waals surface area contributed by atoms with Gasteiger partial charge in [0, 0.05) is 18.8 Å². The zero-order valence-electron chi connectivity index (χ0n) is 8.60. The number of hydrogen-bond acceptors (Lipinski definition) is 5. The summed E-state index contributed by atoms with van der Waals surface area (Å²) in [6, 6.07) is 1.44. The molecule has 0 aliphatic heterocycles. The minimum Gasteiger partial charge on any atom is -0.392 e. The number of aliphatic hydroxyl groups is 1. The number of nitrogens with one attached hydrogen (secondary N) is 1. The number of aryl methyl sites for hydroxylation is 1. The molecule has 0 aliphatic carbocycles. The fourth-order valence-electron chi connectivity index (χ4n) is 1.07. The van der Waals surface area contributed by atoms with E-state index < -0.39 is 11.0 Å². The van der Waals surface area contributed by atoms with Gasteiger partial charge in [-0.05, 0) is 19.4 Å². The largest absolute Gasteiger partial charge is 0.392 e. The van der Waals surface area contributed by atoms with Crippen LogP contribution in [0.5, 0.6) is 0 Å². The Labute approximate surface area is 87.1 Å². The molecule has 0 bridgehead atoms. The Morgan fingerprint density at radius 1 is 1.73 bits per heavy atom. The van der Waals surface area contributed by atoms with Gasteiger partial charge in [-0.25, -0.2) is 4.98 Å². The predicted octanol–water partition coefficient (Wildman–Crippen LogP) is 1.09. The molecule has 0 fully saturated rings. The maximum Gasteiger partial charge on any atom is 0.311 e. The molecule has 1 rings (SSSR count). The molecular weight excluding hydrogens is 198 g/mol. The molecule has 0 spiro atoms. The van der Waals surface area contributed by atoms with Gasteiger partial charge in [0.1, 0.15) is 0 Å². The van der Waals surface area contributed by atoms with Crippen LogP contribution in [0.1, 0.15) is 12.5 Å². The van der Waals surface area contributed by atoms with Crippen molar-refractivity contribution in [2.24, 2.45) is 0 Å².